The van der Waals surface area contributed by atoms with Crippen molar-refractivity contribution in [3.05, 3.63) is 18.2 Å². The van der Waals surface area contributed by atoms with E-state index in [4.69, 9.17) is 5.11 Å². The van der Waals surface area contributed by atoms with Crippen molar-refractivity contribution >= 4 is 5.91 Å². The fourth-order valence-electron chi connectivity index (χ4n) is 1.16. The molecular formula is C7H9N3O2. The number of likely N-dealkylation sites (tertiary alicyclic amines) is 1. The first-order valence-electron chi connectivity index (χ1n) is 3.73. The van der Waals surface area contributed by atoms with Crippen molar-refractivity contribution < 1.29 is 9.90 Å². The molecule has 1 amide bonds. The van der Waals surface area contributed by atoms with Crippen LogP contribution in [0.25, 0.3) is 0 Å². The summed E-state index contributed by atoms with van der Waals surface area (Å²) in [6, 6.07) is 0. The highest BCUT2D eigenvalue weighted by atomic mass is 16.3. The molecule has 5 nitrogen and oxygen atoms in total. The van der Waals surface area contributed by atoms with Crippen LogP contribution in [0.2, 0.25) is 0 Å². The van der Waals surface area contributed by atoms with E-state index in [1.807, 2.05) is 0 Å². The molecule has 0 spiro atoms. The van der Waals surface area contributed by atoms with Gasteiger partial charge in [0.05, 0.1) is 18.6 Å². The van der Waals surface area contributed by atoms with Gasteiger partial charge in [0, 0.05) is 13.1 Å². The zero-order valence-corrected chi connectivity index (χ0v) is 6.40. The van der Waals surface area contributed by atoms with E-state index < -0.39 is 0 Å². The molecule has 0 aliphatic carbocycles. The zero-order valence-electron chi connectivity index (χ0n) is 6.40. The van der Waals surface area contributed by atoms with Gasteiger partial charge < -0.3 is 15.0 Å². The molecule has 1 saturated heterocycles. The van der Waals surface area contributed by atoms with Gasteiger partial charge in [-0.05, 0) is 0 Å². The Bertz CT molecular complexity index is 277. The average Bonchev–Trinajstić information content (AvgIpc) is 2.49. The highest BCUT2D eigenvalue weighted by molar-refractivity contribution is 5.92. The van der Waals surface area contributed by atoms with Crippen molar-refractivity contribution in [3.8, 4) is 0 Å². The van der Waals surface area contributed by atoms with Crippen LogP contribution in [0.5, 0.6) is 0 Å². The van der Waals surface area contributed by atoms with Crippen molar-refractivity contribution in [2.75, 3.05) is 13.1 Å². The van der Waals surface area contributed by atoms with Gasteiger partial charge in [-0.25, -0.2) is 4.98 Å². The molecule has 1 aliphatic heterocycles. The molecule has 1 aliphatic rings. The average molecular weight is 167 g/mol. The van der Waals surface area contributed by atoms with Crippen LogP contribution >= 0.6 is 0 Å². The smallest absolute Gasteiger partial charge is 0.272 e. The first kappa shape index (κ1) is 7.30. The second-order valence-electron chi connectivity index (χ2n) is 2.83. The molecule has 0 atom stereocenters. The number of aliphatic hydroxyl groups excluding tert-OH is 1. The van der Waals surface area contributed by atoms with Crippen LogP contribution in [0.3, 0.4) is 0 Å². The lowest BCUT2D eigenvalue weighted by Gasteiger charge is -2.35. The standard InChI is InChI=1S/C7H9N3O2/c11-5-2-10(3-5)7(12)6-1-8-4-9-6/h1,4-5,11H,2-3H2,(H,8,9). The Hall–Kier alpha value is -1.36. The lowest BCUT2D eigenvalue weighted by molar-refractivity contribution is 0.00554. The van der Waals surface area contributed by atoms with Gasteiger partial charge in [0.15, 0.2) is 0 Å². The summed E-state index contributed by atoms with van der Waals surface area (Å²) in [6.45, 7) is 0.857. The minimum Gasteiger partial charge on any atom is -0.389 e. The second-order valence-corrected chi connectivity index (χ2v) is 2.83. The van der Waals surface area contributed by atoms with E-state index in [1.54, 1.807) is 4.90 Å². The minimum atomic E-state index is -0.350. The molecule has 1 aromatic heterocycles. The number of aromatic amines is 1. The summed E-state index contributed by atoms with van der Waals surface area (Å²) < 4.78 is 0. The van der Waals surface area contributed by atoms with Gasteiger partial charge in [0.2, 0.25) is 0 Å². The number of rotatable bonds is 1. The third-order valence-electron chi connectivity index (χ3n) is 1.88. The monoisotopic (exact) mass is 167 g/mol. The number of carbonyl (C=O) groups excluding carboxylic acids is 1. The number of carbonyl (C=O) groups is 1. The Morgan fingerprint density at radius 1 is 1.75 bits per heavy atom. The zero-order chi connectivity index (χ0) is 8.55. The van der Waals surface area contributed by atoms with Crippen molar-refractivity contribution in [2.24, 2.45) is 0 Å². The quantitative estimate of drug-likeness (QED) is 0.577. The minimum absolute atomic E-state index is 0.0993. The highest BCUT2D eigenvalue weighted by Crippen LogP contribution is 2.10. The van der Waals surface area contributed by atoms with E-state index in [0.29, 0.717) is 18.8 Å². The largest absolute Gasteiger partial charge is 0.389 e. The molecular weight excluding hydrogens is 158 g/mol. The molecule has 64 valence electrons. The van der Waals surface area contributed by atoms with E-state index in [0.717, 1.165) is 0 Å². The van der Waals surface area contributed by atoms with Gasteiger partial charge >= 0.3 is 0 Å². The van der Waals surface area contributed by atoms with E-state index in [9.17, 15) is 4.79 Å². The summed E-state index contributed by atoms with van der Waals surface area (Å²) in [5.74, 6) is -0.0993. The van der Waals surface area contributed by atoms with Gasteiger partial charge in [0.1, 0.15) is 5.69 Å². The summed E-state index contributed by atoms with van der Waals surface area (Å²) in [4.78, 5) is 19.4. The van der Waals surface area contributed by atoms with Crippen LogP contribution in [-0.4, -0.2) is 45.1 Å². The lowest BCUT2D eigenvalue weighted by Crippen LogP contribution is -2.53. The van der Waals surface area contributed by atoms with Crippen LogP contribution in [0, 0.1) is 0 Å². The number of hydrogen-bond acceptors (Lipinski definition) is 3. The Morgan fingerprint density at radius 3 is 3.00 bits per heavy atom. The SMILES string of the molecule is O=C(c1cnc[nH]1)N1CC(O)C1. The van der Waals surface area contributed by atoms with E-state index in [1.165, 1.54) is 12.5 Å². The molecule has 5 heteroatoms. The lowest BCUT2D eigenvalue weighted by atomic mass is 10.1. The number of hydrogen-bond donors (Lipinski definition) is 2. The molecule has 0 aromatic carbocycles. The summed E-state index contributed by atoms with van der Waals surface area (Å²) >= 11 is 0. The third-order valence-corrected chi connectivity index (χ3v) is 1.88. The molecule has 0 bridgehead atoms. The molecule has 2 N–H and O–H groups in total. The number of nitrogens with zero attached hydrogens (tertiary/aromatic N) is 2. The van der Waals surface area contributed by atoms with Crippen LogP contribution in [-0.2, 0) is 0 Å². The molecule has 2 heterocycles. The van der Waals surface area contributed by atoms with Crippen LogP contribution in [0.1, 0.15) is 10.5 Å². The van der Waals surface area contributed by atoms with Gasteiger partial charge in [-0.1, -0.05) is 0 Å². The second kappa shape index (κ2) is 2.60. The van der Waals surface area contributed by atoms with E-state index >= 15 is 0 Å². The highest BCUT2D eigenvalue weighted by Gasteiger charge is 2.29. The number of aromatic nitrogens is 2. The normalized spacial score (nSPS) is 17.6. The maximum atomic E-state index is 11.4. The fraction of sp³-hybridized carbons (Fsp3) is 0.429. The first-order chi connectivity index (χ1) is 5.77. The number of β-amino-alcohol motifs (C(OH)–C–C–N with tert-alkyl or cyclic N) is 1. The Morgan fingerprint density at radius 2 is 2.50 bits per heavy atom. The van der Waals surface area contributed by atoms with Gasteiger partial charge in [-0.3, -0.25) is 4.79 Å². The van der Waals surface area contributed by atoms with Crippen molar-refractivity contribution in [1.29, 1.82) is 0 Å². The maximum Gasteiger partial charge on any atom is 0.272 e. The Labute approximate surface area is 69.0 Å². The molecule has 0 saturated carbocycles. The molecule has 0 radical (unpaired) electrons. The fourth-order valence-corrected chi connectivity index (χ4v) is 1.16. The topological polar surface area (TPSA) is 69.2 Å². The van der Waals surface area contributed by atoms with Gasteiger partial charge in [-0.2, -0.15) is 0 Å². The predicted octanol–water partition coefficient (Wildman–Crippen LogP) is -0.774. The molecule has 1 fully saturated rings. The number of aliphatic hydroxyl groups is 1. The van der Waals surface area contributed by atoms with Gasteiger partial charge in [0.25, 0.3) is 5.91 Å². The number of imidazole rings is 1. The Kier molecular flexibility index (Phi) is 1.58. The number of H-pyrrole nitrogens is 1. The van der Waals surface area contributed by atoms with Crippen LogP contribution in [0.15, 0.2) is 12.5 Å². The summed E-state index contributed by atoms with van der Waals surface area (Å²) in [5.41, 5.74) is 0.474. The molecule has 12 heavy (non-hydrogen) atoms. The third kappa shape index (κ3) is 1.08. The number of nitrogens with one attached hydrogen (secondary N) is 1. The summed E-state index contributed by atoms with van der Waals surface area (Å²) in [7, 11) is 0. The summed E-state index contributed by atoms with van der Waals surface area (Å²) in [6.07, 6.45) is 2.59. The van der Waals surface area contributed by atoms with Crippen molar-refractivity contribution in [2.45, 2.75) is 6.10 Å². The predicted molar refractivity (Wildman–Crippen MR) is 40.5 cm³/mol. The van der Waals surface area contributed by atoms with Gasteiger partial charge in [-0.15, -0.1) is 0 Å². The van der Waals surface area contributed by atoms with E-state index in [2.05, 4.69) is 9.97 Å². The summed E-state index contributed by atoms with van der Waals surface area (Å²) in [5, 5.41) is 8.95. The first-order valence-corrected chi connectivity index (χ1v) is 3.73. The van der Waals surface area contributed by atoms with Crippen LogP contribution < -0.4 is 0 Å². The maximum absolute atomic E-state index is 11.4. The van der Waals surface area contributed by atoms with Crippen LogP contribution in [0.4, 0.5) is 0 Å². The Balaban J connectivity index is 2.03. The number of amides is 1. The molecule has 2 rings (SSSR count). The van der Waals surface area contributed by atoms with Crippen molar-refractivity contribution in [3.63, 3.8) is 0 Å². The van der Waals surface area contributed by atoms with Crippen molar-refractivity contribution in [1.82, 2.24) is 14.9 Å². The molecule has 1 aromatic rings. The van der Waals surface area contributed by atoms with E-state index in [-0.39, 0.29) is 12.0 Å². The molecule has 0 unspecified atom stereocenters.